The van der Waals surface area contributed by atoms with Crippen molar-refractivity contribution in [2.45, 2.75) is 13.3 Å². The number of hydrogen-bond donors (Lipinski definition) is 3. The molecule has 4 aromatic rings. The van der Waals surface area contributed by atoms with Crippen LogP contribution in [0.5, 0.6) is 0 Å². The summed E-state index contributed by atoms with van der Waals surface area (Å²) in [4.78, 5) is 32.4. The monoisotopic (exact) mass is 390 g/mol. The molecule has 7 heteroatoms. The van der Waals surface area contributed by atoms with E-state index in [1.807, 2.05) is 61.7 Å². The van der Waals surface area contributed by atoms with Gasteiger partial charge in [-0.2, -0.15) is 0 Å². The van der Waals surface area contributed by atoms with Gasteiger partial charge in [0.25, 0.3) is 5.91 Å². The first kappa shape index (κ1) is 17.9. The number of carbonyl (C=O) groups excluding carboxylic acids is 2. The fourth-order valence-corrected chi connectivity index (χ4v) is 3.61. The van der Waals surface area contributed by atoms with Gasteiger partial charge in [-0.25, -0.2) is 4.98 Å². The Labute approximate surface area is 165 Å². The van der Waals surface area contributed by atoms with E-state index in [0.29, 0.717) is 15.7 Å². The van der Waals surface area contributed by atoms with Crippen molar-refractivity contribution in [3.8, 4) is 0 Å². The van der Waals surface area contributed by atoms with Crippen LogP contribution in [0.15, 0.2) is 60.9 Å². The number of nitrogens with one attached hydrogen (secondary N) is 3. The first-order valence-electron chi connectivity index (χ1n) is 8.77. The number of benzene rings is 2. The second-order valence-electron chi connectivity index (χ2n) is 6.43. The molecule has 0 saturated heterocycles. The fourth-order valence-electron chi connectivity index (χ4n) is 2.88. The first-order valence-corrected chi connectivity index (χ1v) is 9.59. The van der Waals surface area contributed by atoms with E-state index >= 15 is 0 Å². The van der Waals surface area contributed by atoms with Crippen LogP contribution in [0.4, 0.5) is 10.8 Å². The van der Waals surface area contributed by atoms with Crippen molar-refractivity contribution in [1.82, 2.24) is 9.97 Å². The Morgan fingerprint density at radius 3 is 2.68 bits per heavy atom. The second-order valence-corrected chi connectivity index (χ2v) is 7.46. The summed E-state index contributed by atoms with van der Waals surface area (Å²) in [5, 5.41) is 7.01. The fraction of sp³-hybridized carbons (Fsp3) is 0.0952. The van der Waals surface area contributed by atoms with Gasteiger partial charge in [-0.15, -0.1) is 0 Å². The van der Waals surface area contributed by atoms with Gasteiger partial charge in [-0.3, -0.25) is 9.59 Å². The molecule has 0 radical (unpaired) electrons. The maximum atomic E-state index is 12.4. The van der Waals surface area contributed by atoms with Gasteiger partial charge in [0.2, 0.25) is 5.91 Å². The quantitative estimate of drug-likeness (QED) is 0.473. The molecular weight excluding hydrogens is 372 g/mol. The zero-order valence-corrected chi connectivity index (χ0v) is 16.0. The minimum absolute atomic E-state index is 0.176. The molecular formula is C21H18N4O2S. The highest BCUT2D eigenvalue weighted by Crippen LogP contribution is 2.22. The van der Waals surface area contributed by atoms with Crippen molar-refractivity contribution in [2.24, 2.45) is 0 Å². The Morgan fingerprint density at radius 1 is 1.07 bits per heavy atom. The molecule has 0 aliphatic rings. The Kier molecular flexibility index (Phi) is 4.90. The zero-order valence-electron chi connectivity index (χ0n) is 15.2. The van der Waals surface area contributed by atoms with E-state index in [-0.39, 0.29) is 18.2 Å². The zero-order chi connectivity index (χ0) is 19.5. The average Bonchev–Trinajstić information content (AvgIpc) is 3.31. The van der Waals surface area contributed by atoms with Gasteiger partial charge in [-0.1, -0.05) is 47.2 Å². The molecule has 0 fully saturated rings. The normalized spacial score (nSPS) is 10.8. The molecule has 140 valence electrons. The Morgan fingerprint density at radius 2 is 1.86 bits per heavy atom. The van der Waals surface area contributed by atoms with Crippen LogP contribution in [0.3, 0.4) is 0 Å². The van der Waals surface area contributed by atoms with Gasteiger partial charge in [-0.05, 0) is 30.7 Å². The molecule has 0 aliphatic carbocycles. The summed E-state index contributed by atoms with van der Waals surface area (Å²) in [5.41, 5.74) is 3.75. The Bertz CT molecular complexity index is 1140. The molecule has 0 aliphatic heterocycles. The molecule has 0 saturated carbocycles. The van der Waals surface area contributed by atoms with Crippen LogP contribution in [0.1, 0.15) is 20.8 Å². The third-order valence-corrected chi connectivity index (χ3v) is 5.22. The first-order chi connectivity index (χ1) is 13.6. The van der Waals surface area contributed by atoms with Crippen LogP contribution in [-0.2, 0) is 11.2 Å². The molecule has 2 aromatic carbocycles. The second kappa shape index (κ2) is 7.66. The highest BCUT2D eigenvalue weighted by Gasteiger charge is 2.14. The number of H-pyrrole nitrogens is 1. The summed E-state index contributed by atoms with van der Waals surface area (Å²) in [6.07, 6.45) is 3.54. The van der Waals surface area contributed by atoms with Crippen LogP contribution < -0.4 is 10.6 Å². The lowest BCUT2D eigenvalue weighted by Crippen LogP contribution is -2.14. The van der Waals surface area contributed by atoms with E-state index in [1.165, 1.54) is 6.20 Å². The number of aromatic nitrogens is 2. The number of amides is 2. The summed E-state index contributed by atoms with van der Waals surface area (Å²) >= 11 is 1.15. The maximum absolute atomic E-state index is 12.4. The maximum Gasteiger partial charge on any atom is 0.267 e. The number of para-hydroxylation sites is 1. The molecule has 2 aromatic heterocycles. The van der Waals surface area contributed by atoms with Crippen molar-refractivity contribution in [2.75, 3.05) is 10.6 Å². The molecule has 0 bridgehead atoms. The van der Waals surface area contributed by atoms with Crippen molar-refractivity contribution >= 4 is 44.9 Å². The predicted molar refractivity (Wildman–Crippen MR) is 112 cm³/mol. The van der Waals surface area contributed by atoms with Gasteiger partial charge in [0.15, 0.2) is 5.13 Å². The van der Waals surface area contributed by atoms with Gasteiger partial charge >= 0.3 is 0 Å². The molecule has 6 nitrogen and oxygen atoms in total. The highest BCUT2D eigenvalue weighted by atomic mass is 32.1. The summed E-state index contributed by atoms with van der Waals surface area (Å²) < 4.78 is 0. The molecule has 0 spiro atoms. The number of rotatable bonds is 5. The number of nitrogens with zero attached hydrogens (tertiary/aromatic N) is 1. The van der Waals surface area contributed by atoms with E-state index in [9.17, 15) is 9.59 Å². The lowest BCUT2D eigenvalue weighted by molar-refractivity contribution is -0.115. The number of carbonyl (C=O) groups is 2. The van der Waals surface area contributed by atoms with Gasteiger partial charge < -0.3 is 15.6 Å². The van der Waals surface area contributed by atoms with Gasteiger partial charge in [0, 0.05) is 22.8 Å². The number of hydrogen-bond acceptors (Lipinski definition) is 4. The molecule has 2 heterocycles. The summed E-state index contributed by atoms with van der Waals surface area (Å²) in [6.45, 7) is 1.99. The number of aromatic amines is 1. The number of fused-ring (bicyclic) bond motifs is 1. The van der Waals surface area contributed by atoms with Crippen molar-refractivity contribution in [3.63, 3.8) is 0 Å². The molecule has 28 heavy (non-hydrogen) atoms. The minimum Gasteiger partial charge on any atom is -0.361 e. The molecule has 3 N–H and O–H groups in total. The highest BCUT2D eigenvalue weighted by molar-refractivity contribution is 7.17. The van der Waals surface area contributed by atoms with E-state index in [1.54, 1.807) is 0 Å². The van der Waals surface area contributed by atoms with E-state index in [4.69, 9.17) is 0 Å². The standard InChI is InChI=1S/C21H18N4O2S/c1-13-6-8-15(9-7-13)24-20(27)18-12-23-21(28-18)25-19(26)10-14-11-22-17-5-3-2-4-16(14)17/h2-9,11-12,22H,10H2,1H3,(H,24,27)(H,23,25,26). The lowest BCUT2D eigenvalue weighted by Gasteiger charge is -2.03. The average molecular weight is 390 g/mol. The minimum atomic E-state index is -0.251. The van der Waals surface area contributed by atoms with E-state index < -0.39 is 0 Å². The van der Waals surface area contributed by atoms with Crippen LogP contribution in [-0.4, -0.2) is 21.8 Å². The Balaban J connectivity index is 1.39. The predicted octanol–water partition coefficient (Wildman–Crippen LogP) is 4.37. The lowest BCUT2D eigenvalue weighted by atomic mass is 10.1. The summed E-state index contributed by atoms with van der Waals surface area (Å²) in [7, 11) is 0. The van der Waals surface area contributed by atoms with Crippen LogP contribution in [0.25, 0.3) is 10.9 Å². The van der Waals surface area contributed by atoms with E-state index in [2.05, 4.69) is 20.6 Å². The van der Waals surface area contributed by atoms with Crippen LogP contribution in [0.2, 0.25) is 0 Å². The number of anilines is 2. The summed E-state index contributed by atoms with van der Waals surface area (Å²) in [6, 6.07) is 15.4. The number of thiazole rings is 1. The number of aryl methyl sites for hydroxylation is 1. The van der Waals surface area contributed by atoms with Gasteiger partial charge in [0.1, 0.15) is 4.88 Å². The SMILES string of the molecule is Cc1ccc(NC(=O)c2cnc(NC(=O)Cc3c[nH]c4ccccc34)s2)cc1. The van der Waals surface area contributed by atoms with Crippen molar-refractivity contribution < 1.29 is 9.59 Å². The van der Waals surface area contributed by atoms with Crippen LogP contribution >= 0.6 is 11.3 Å². The van der Waals surface area contributed by atoms with Crippen molar-refractivity contribution in [1.29, 1.82) is 0 Å². The topological polar surface area (TPSA) is 86.9 Å². The largest absolute Gasteiger partial charge is 0.361 e. The van der Waals surface area contributed by atoms with Gasteiger partial charge in [0.05, 0.1) is 12.6 Å². The molecule has 0 unspecified atom stereocenters. The molecule has 4 rings (SSSR count). The van der Waals surface area contributed by atoms with E-state index in [0.717, 1.165) is 33.4 Å². The third-order valence-electron chi connectivity index (χ3n) is 4.31. The molecule has 2 amide bonds. The molecule has 0 atom stereocenters. The van der Waals surface area contributed by atoms with Crippen molar-refractivity contribution in [3.05, 3.63) is 76.9 Å². The summed E-state index contributed by atoms with van der Waals surface area (Å²) in [5.74, 6) is -0.428. The van der Waals surface area contributed by atoms with Crippen LogP contribution in [0, 0.1) is 6.92 Å². The Hall–Kier alpha value is -3.45. The third kappa shape index (κ3) is 3.94. The smallest absolute Gasteiger partial charge is 0.267 e.